The lowest BCUT2D eigenvalue weighted by atomic mass is 10.2. The van der Waals surface area contributed by atoms with E-state index in [-0.39, 0.29) is 18.3 Å². The second-order valence-corrected chi connectivity index (χ2v) is 5.76. The molecule has 94 valence electrons. The van der Waals surface area contributed by atoms with Gasteiger partial charge in [0.25, 0.3) is 0 Å². The normalized spacial score (nSPS) is 26.7. The van der Waals surface area contributed by atoms with Gasteiger partial charge in [-0.15, -0.1) is 0 Å². The van der Waals surface area contributed by atoms with Crippen LogP contribution in [0, 0.1) is 0 Å². The zero-order valence-electron chi connectivity index (χ0n) is 10.3. The molecule has 16 heavy (non-hydrogen) atoms. The highest BCUT2D eigenvalue weighted by atomic mass is 79.9. The van der Waals surface area contributed by atoms with Gasteiger partial charge < -0.3 is 14.4 Å². The minimum absolute atomic E-state index is 0.0521. The van der Waals surface area contributed by atoms with Gasteiger partial charge in [0.2, 0.25) is 0 Å². The topological polar surface area (TPSA) is 38.8 Å². The Kier molecular flexibility index (Phi) is 4.62. The van der Waals surface area contributed by atoms with E-state index in [1.54, 1.807) is 4.90 Å². The van der Waals surface area contributed by atoms with Crippen LogP contribution in [-0.2, 0) is 9.47 Å². The average molecular weight is 294 g/mol. The first-order chi connectivity index (χ1) is 7.31. The van der Waals surface area contributed by atoms with Crippen molar-refractivity contribution in [1.29, 1.82) is 0 Å². The maximum absolute atomic E-state index is 11.9. The van der Waals surface area contributed by atoms with Gasteiger partial charge in [0.15, 0.2) is 0 Å². The van der Waals surface area contributed by atoms with E-state index in [0.29, 0.717) is 13.1 Å². The highest BCUT2D eigenvalue weighted by Crippen LogP contribution is 2.16. The first kappa shape index (κ1) is 13.8. The summed E-state index contributed by atoms with van der Waals surface area (Å²) in [5.74, 6) is 0. The third-order valence-electron chi connectivity index (χ3n) is 2.15. The number of morpholine rings is 1. The number of rotatable bonds is 1. The van der Waals surface area contributed by atoms with E-state index < -0.39 is 5.60 Å². The number of amides is 1. The Hall–Kier alpha value is -0.290. The number of halogens is 1. The molecule has 2 atom stereocenters. The van der Waals surface area contributed by atoms with Crippen LogP contribution in [0.15, 0.2) is 0 Å². The molecular formula is C11H20BrNO3. The van der Waals surface area contributed by atoms with Gasteiger partial charge in [-0.2, -0.15) is 0 Å². The van der Waals surface area contributed by atoms with Gasteiger partial charge in [-0.3, -0.25) is 0 Å². The molecule has 0 aromatic carbocycles. The Labute approximate surface area is 105 Å². The summed E-state index contributed by atoms with van der Waals surface area (Å²) in [6.07, 6.45) is -0.145. The fourth-order valence-corrected chi connectivity index (χ4v) is 1.96. The van der Waals surface area contributed by atoms with Gasteiger partial charge in [0.05, 0.1) is 25.3 Å². The van der Waals surface area contributed by atoms with Crippen LogP contribution < -0.4 is 0 Å². The molecule has 1 fully saturated rings. The summed E-state index contributed by atoms with van der Waals surface area (Å²) in [4.78, 5) is 13.6. The van der Waals surface area contributed by atoms with Gasteiger partial charge >= 0.3 is 6.09 Å². The Bertz CT molecular complexity index is 252. The van der Waals surface area contributed by atoms with E-state index in [2.05, 4.69) is 15.9 Å². The maximum Gasteiger partial charge on any atom is 0.410 e. The molecule has 0 aromatic rings. The Balaban J connectivity index is 2.55. The molecule has 4 nitrogen and oxygen atoms in total. The number of nitrogens with zero attached hydrogens (tertiary/aromatic N) is 1. The minimum atomic E-state index is -0.442. The Morgan fingerprint density at radius 1 is 1.50 bits per heavy atom. The van der Waals surface area contributed by atoms with Crippen LogP contribution in [0.4, 0.5) is 4.79 Å². The SMILES string of the molecule is CC1CN(C(=O)OC(C)(C)C)C[C@H](CBr)O1. The molecule has 0 radical (unpaired) electrons. The molecule has 1 saturated heterocycles. The molecule has 1 aliphatic rings. The van der Waals surface area contributed by atoms with Crippen molar-refractivity contribution in [3.8, 4) is 0 Å². The van der Waals surface area contributed by atoms with E-state index in [9.17, 15) is 4.79 Å². The lowest BCUT2D eigenvalue weighted by Gasteiger charge is -2.36. The number of hydrogen-bond acceptors (Lipinski definition) is 3. The van der Waals surface area contributed by atoms with E-state index in [1.807, 2.05) is 27.7 Å². The average Bonchev–Trinajstić information content (AvgIpc) is 2.14. The van der Waals surface area contributed by atoms with Gasteiger partial charge in [-0.25, -0.2) is 4.79 Å². The quantitative estimate of drug-likeness (QED) is 0.697. The predicted molar refractivity (Wildman–Crippen MR) is 65.9 cm³/mol. The molecule has 0 bridgehead atoms. The van der Waals surface area contributed by atoms with Crippen LogP contribution in [0.5, 0.6) is 0 Å². The molecule has 1 aliphatic heterocycles. The molecule has 0 aromatic heterocycles. The van der Waals surface area contributed by atoms with E-state index in [0.717, 1.165) is 5.33 Å². The lowest BCUT2D eigenvalue weighted by Crippen LogP contribution is -2.51. The molecule has 1 unspecified atom stereocenters. The van der Waals surface area contributed by atoms with Crippen molar-refractivity contribution in [2.24, 2.45) is 0 Å². The molecule has 0 aliphatic carbocycles. The summed E-state index contributed by atoms with van der Waals surface area (Å²) in [5.41, 5.74) is -0.442. The standard InChI is InChI=1S/C11H20BrNO3/c1-8-6-13(7-9(5-12)15-8)10(14)16-11(2,3)4/h8-9H,5-7H2,1-4H3/t8?,9-/m0/s1. The van der Waals surface area contributed by atoms with Crippen molar-refractivity contribution in [1.82, 2.24) is 4.90 Å². The molecular weight excluding hydrogens is 274 g/mol. The third-order valence-corrected chi connectivity index (χ3v) is 2.87. The van der Waals surface area contributed by atoms with Gasteiger partial charge in [-0.1, -0.05) is 15.9 Å². The minimum Gasteiger partial charge on any atom is -0.444 e. The van der Waals surface area contributed by atoms with Gasteiger partial charge in [0.1, 0.15) is 5.60 Å². The zero-order valence-corrected chi connectivity index (χ0v) is 11.9. The van der Waals surface area contributed by atoms with Crippen molar-refractivity contribution in [2.75, 3.05) is 18.4 Å². The van der Waals surface area contributed by atoms with Crippen molar-refractivity contribution in [3.63, 3.8) is 0 Å². The fourth-order valence-electron chi connectivity index (χ4n) is 1.61. The van der Waals surface area contributed by atoms with Crippen molar-refractivity contribution < 1.29 is 14.3 Å². The Morgan fingerprint density at radius 3 is 2.62 bits per heavy atom. The maximum atomic E-state index is 11.9. The molecule has 1 amide bonds. The summed E-state index contributed by atoms with van der Waals surface area (Å²) in [6, 6.07) is 0. The summed E-state index contributed by atoms with van der Waals surface area (Å²) >= 11 is 3.37. The summed E-state index contributed by atoms with van der Waals surface area (Å²) < 4.78 is 11.0. The third kappa shape index (κ3) is 4.29. The van der Waals surface area contributed by atoms with Crippen molar-refractivity contribution in [3.05, 3.63) is 0 Å². The van der Waals surface area contributed by atoms with Crippen molar-refractivity contribution in [2.45, 2.75) is 45.5 Å². The van der Waals surface area contributed by atoms with Crippen LogP contribution in [-0.4, -0.2) is 47.2 Å². The summed E-state index contributed by atoms with van der Waals surface area (Å²) in [7, 11) is 0. The zero-order chi connectivity index (χ0) is 12.3. The molecule has 0 saturated carbocycles. The first-order valence-corrected chi connectivity index (χ1v) is 6.63. The van der Waals surface area contributed by atoms with Crippen LogP contribution in [0.25, 0.3) is 0 Å². The van der Waals surface area contributed by atoms with E-state index >= 15 is 0 Å². The molecule has 0 spiro atoms. The second-order valence-electron chi connectivity index (χ2n) is 5.11. The van der Waals surface area contributed by atoms with Gasteiger partial charge in [0, 0.05) is 5.33 Å². The second kappa shape index (κ2) is 5.36. The number of alkyl halides is 1. The van der Waals surface area contributed by atoms with Gasteiger partial charge in [-0.05, 0) is 27.7 Å². The number of carbonyl (C=O) groups excluding carboxylic acids is 1. The van der Waals surface area contributed by atoms with E-state index in [1.165, 1.54) is 0 Å². The smallest absolute Gasteiger partial charge is 0.410 e. The summed E-state index contributed by atoms with van der Waals surface area (Å²) in [5, 5.41) is 0.733. The number of carbonyl (C=O) groups is 1. The van der Waals surface area contributed by atoms with Crippen LogP contribution in [0.1, 0.15) is 27.7 Å². The molecule has 1 rings (SSSR count). The van der Waals surface area contributed by atoms with Crippen LogP contribution >= 0.6 is 15.9 Å². The summed E-state index contributed by atoms with van der Waals surface area (Å²) in [6.45, 7) is 8.76. The van der Waals surface area contributed by atoms with Crippen molar-refractivity contribution >= 4 is 22.0 Å². The highest BCUT2D eigenvalue weighted by Gasteiger charge is 2.30. The number of ether oxygens (including phenoxy) is 2. The van der Waals surface area contributed by atoms with Crippen LogP contribution in [0.3, 0.4) is 0 Å². The fraction of sp³-hybridized carbons (Fsp3) is 0.909. The van der Waals surface area contributed by atoms with Crippen LogP contribution in [0.2, 0.25) is 0 Å². The predicted octanol–water partition coefficient (Wildman–Crippen LogP) is 2.41. The Morgan fingerprint density at radius 2 is 2.12 bits per heavy atom. The first-order valence-electron chi connectivity index (χ1n) is 5.51. The number of hydrogen-bond donors (Lipinski definition) is 0. The molecule has 0 N–H and O–H groups in total. The monoisotopic (exact) mass is 293 g/mol. The highest BCUT2D eigenvalue weighted by molar-refractivity contribution is 9.09. The largest absolute Gasteiger partial charge is 0.444 e. The molecule has 5 heteroatoms. The van der Waals surface area contributed by atoms with E-state index in [4.69, 9.17) is 9.47 Å². The molecule has 1 heterocycles. The lowest BCUT2D eigenvalue weighted by molar-refractivity contribution is -0.0702.